The van der Waals surface area contributed by atoms with Crippen LogP contribution in [-0.4, -0.2) is 35.6 Å². The van der Waals surface area contributed by atoms with Gasteiger partial charge in [-0.3, -0.25) is 24.3 Å². The second-order valence-electron chi connectivity index (χ2n) is 5.58. The van der Waals surface area contributed by atoms with Gasteiger partial charge in [0, 0.05) is 6.07 Å². The lowest BCUT2D eigenvalue weighted by molar-refractivity contribution is -0.384. The van der Waals surface area contributed by atoms with Crippen LogP contribution in [0.5, 0.6) is 0 Å². The third kappa shape index (κ3) is 5.63. The van der Waals surface area contributed by atoms with Crippen LogP contribution < -0.4 is 5.32 Å². The molecule has 1 amide bonds. The maximum absolute atomic E-state index is 12.3. The van der Waals surface area contributed by atoms with Gasteiger partial charge in [0.05, 0.1) is 15.6 Å². The van der Waals surface area contributed by atoms with Gasteiger partial charge < -0.3 is 5.32 Å². The number of nitrogens with zero attached hydrogens (tertiary/aromatic N) is 3. The van der Waals surface area contributed by atoms with Crippen molar-refractivity contribution in [1.82, 2.24) is 0 Å². The van der Waals surface area contributed by atoms with E-state index in [0.29, 0.717) is 6.07 Å². The minimum atomic E-state index is -4.68. The number of para-hydroxylation sites is 1. The molecular weight excluding hydrogens is 428 g/mol. The van der Waals surface area contributed by atoms with Crippen LogP contribution >= 0.6 is 11.6 Å². The minimum Gasteiger partial charge on any atom is -0.322 e. The molecule has 0 aliphatic heterocycles. The molecule has 0 fully saturated rings. The van der Waals surface area contributed by atoms with Crippen LogP contribution in [0.4, 0.5) is 17.1 Å². The number of azo groups is 1. The maximum Gasteiger partial charge on any atom is 0.298 e. The molecule has 0 saturated carbocycles. The van der Waals surface area contributed by atoms with Gasteiger partial charge in [-0.1, -0.05) is 23.7 Å². The molecule has 13 heteroatoms. The average Bonchev–Trinajstić information content (AvgIpc) is 2.62. The highest BCUT2D eigenvalue weighted by molar-refractivity contribution is 7.85. The summed E-state index contributed by atoms with van der Waals surface area (Å²) in [5.41, 5.74) is -0.985. The van der Waals surface area contributed by atoms with Gasteiger partial charge in [0.2, 0.25) is 6.04 Å². The summed E-state index contributed by atoms with van der Waals surface area (Å²) >= 11 is 5.93. The molecule has 11 nitrogen and oxygen atoms in total. The highest BCUT2D eigenvalue weighted by atomic mass is 35.5. The number of halogens is 1. The van der Waals surface area contributed by atoms with Crippen molar-refractivity contribution in [3.8, 4) is 0 Å². The molecule has 152 valence electrons. The van der Waals surface area contributed by atoms with Gasteiger partial charge in [-0.25, -0.2) is 0 Å². The third-order valence-corrected chi connectivity index (χ3v) is 4.67. The van der Waals surface area contributed by atoms with E-state index in [1.807, 2.05) is 0 Å². The molecular formula is C16H13ClN4O7S. The number of nitro benzene ring substituents is 1. The van der Waals surface area contributed by atoms with E-state index in [4.69, 9.17) is 16.2 Å². The van der Waals surface area contributed by atoms with Crippen molar-refractivity contribution in [2.45, 2.75) is 17.9 Å². The van der Waals surface area contributed by atoms with Crippen LogP contribution in [0.25, 0.3) is 0 Å². The summed E-state index contributed by atoms with van der Waals surface area (Å²) in [5, 5.41) is 20.9. The molecule has 2 aromatic rings. The molecule has 0 saturated heterocycles. The molecule has 2 rings (SSSR count). The number of hydrogen-bond donors (Lipinski definition) is 2. The molecule has 0 aliphatic carbocycles. The normalized spacial score (nSPS) is 12.5. The number of Topliss-reactive ketones (excluding diaryl/α,β-unsaturated/α-hetero) is 1. The fraction of sp³-hybridized carbons (Fsp3) is 0.125. The van der Waals surface area contributed by atoms with E-state index in [0.717, 1.165) is 19.1 Å². The molecule has 0 heterocycles. The summed E-state index contributed by atoms with van der Waals surface area (Å²) < 4.78 is 31.3. The Morgan fingerprint density at radius 3 is 2.45 bits per heavy atom. The zero-order valence-electron chi connectivity index (χ0n) is 14.6. The molecule has 1 atom stereocenters. The first-order chi connectivity index (χ1) is 13.5. The van der Waals surface area contributed by atoms with E-state index in [1.54, 1.807) is 12.1 Å². The van der Waals surface area contributed by atoms with Crippen LogP contribution in [0.1, 0.15) is 6.92 Å². The second kappa shape index (κ2) is 8.86. The van der Waals surface area contributed by atoms with Crippen molar-refractivity contribution in [2.24, 2.45) is 10.2 Å². The highest BCUT2D eigenvalue weighted by Crippen LogP contribution is 2.30. The van der Waals surface area contributed by atoms with E-state index in [2.05, 4.69) is 15.5 Å². The standard InChI is InChI=1S/C16H13ClN4O7S/c1-9(22)15(16(23)18-12-5-3-2-4-11(12)17)20-19-13-7-6-10(29(26,27)28)8-14(13)21(24)25/h2-8,15H,1H3,(H,18,23)(H,26,27,28). The summed E-state index contributed by atoms with van der Waals surface area (Å²) in [6.07, 6.45) is 0. The Bertz CT molecular complexity index is 1120. The van der Waals surface area contributed by atoms with Crippen molar-refractivity contribution in [3.63, 3.8) is 0 Å². The first-order valence-corrected chi connectivity index (χ1v) is 9.55. The Kier molecular flexibility index (Phi) is 6.74. The number of nitro groups is 1. The molecule has 2 aromatic carbocycles. The number of rotatable bonds is 7. The minimum absolute atomic E-state index is 0.219. The number of anilines is 1. The van der Waals surface area contributed by atoms with Gasteiger partial charge in [0.15, 0.2) is 11.5 Å². The lowest BCUT2D eigenvalue weighted by Crippen LogP contribution is -2.31. The molecule has 1 unspecified atom stereocenters. The average molecular weight is 441 g/mol. The Morgan fingerprint density at radius 2 is 1.90 bits per heavy atom. The molecule has 0 aromatic heterocycles. The predicted molar refractivity (Wildman–Crippen MR) is 102 cm³/mol. The topological polar surface area (TPSA) is 168 Å². The van der Waals surface area contributed by atoms with Crippen LogP contribution in [-0.2, 0) is 19.7 Å². The van der Waals surface area contributed by atoms with E-state index in [-0.39, 0.29) is 10.7 Å². The first-order valence-electron chi connectivity index (χ1n) is 7.73. The van der Waals surface area contributed by atoms with E-state index in [1.165, 1.54) is 12.1 Å². The Labute approximate surface area is 169 Å². The fourth-order valence-electron chi connectivity index (χ4n) is 2.10. The summed E-state index contributed by atoms with van der Waals surface area (Å²) in [4.78, 5) is 33.6. The van der Waals surface area contributed by atoms with E-state index >= 15 is 0 Å². The summed E-state index contributed by atoms with van der Waals surface area (Å²) in [5.74, 6) is -1.57. The zero-order chi connectivity index (χ0) is 21.8. The van der Waals surface area contributed by atoms with Crippen LogP contribution in [0, 0.1) is 10.1 Å². The lowest BCUT2D eigenvalue weighted by Gasteiger charge is -2.10. The third-order valence-electron chi connectivity index (χ3n) is 3.49. The Morgan fingerprint density at radius 1 is 1.24 bits per heavy atom. The first kappa shape index (κ1) is 22.1. The quantitative estimate of drug-likeness (QED) is 0.219. The smallest absolute Gasteiger partial charge is 0.298 e. The van der Waals surface area contributed by atoms with E-state index in [9.17, 15) is 28.1 Å². The molecule has 2 N–H and O–H groups in total. The Hall–Kier alpha value is -3.22. The van der Waals surface area contributed by atoms with Gasteiger partial charge in [-0.2, -0.15) is 13.5 Å². The van der Waals surface area contributed by atoms with Crippen molar-refractivity contribution in [2.75, 3.05) is 5.32 Å². The van der Waals surface area contributed by atoms with Gasteiger partial charge in [0.1, 0.15) is 4.90 Å². The van der Waals surface area contributed by atoms with Gasteiger partial charge in [0.25, 0.3) is 21.7 Å². The molecule has 0 aliphatic rings. The number of hydrogen-bond acceptors (Lipinski definition) is 8. The maximum atomic E-state index is 12.3. The highest BCUT2D eigenvalue weighted by Gasteiger charge is 2.25. The number of nitrogens with one attached hydrogen (secondary N) is 1. The molecule has 0 bridgehead atoms. The summed E-state index contributed by atoms with van der Waals surface area (Å²) in [6.45, 7) is 1.08. The number of ketones is 1. The monoisotopic (exact) mass is 440 g/mol. The van der Waals surface area contributed by atoms with Crippen molar-refractivity contribution >= 4 is 50.5 Å². The fourth-order valence-corrected chi connectivity index (χ4v) is 2.78. The predicted octanol–water partition coefficient (Wildman–Crippen LogP) is 3.17. The van der Waals surface area contributed by atoms with Crippen molar-refractivity contribution < 1.29 is 27.5 Å². The molecule has 29 heavy (non-hydrogen) atoms. The van der Waals surface area contributed by atoms with Gasteiger partial charge >= 0.3 is 0 Å². The molecule has 0 spiro atoms. The van der Waals surface area contributed by atoms with Crippen LogP contribution in [0.2, 0.25) is 5.02 Å². The lowest BCUT2D eigenvalue weighted by atomic mass is 10.2. The number of amides is 1. The second-order valence-corrected chi connectivity index (χ2v) is 7.41. The summed E-state index contributed by atoms with van der Waals surface area (Å²) in [6, 6.07) is 6.97. The summed E-state index contributed by atoms with van der Waals surface area (Å²) in [7, 11) is -4.68. The SMILES string of the molecule is CC(=O)C(N=Nc1ccc(S(=O)(=O)O)cc1[N+](=O)[O-])C(=O)Nc1ccccc1Cl. The number of carbonyl (C=O) groups excluding carboxylic acids is 2. The van der Waals surface area contributed by atoms with E-state index < -0.39 is 49.0 Å². The van der Waals surface area contributed by atoms with Crippen LogP contribution in [0.15, 0.2) is 57.6 Å². The Balaban J connectivity index is 2.35. The number of carbonyl (C=O) groups is 2. The van der Waals surface area contributed by atoms with Crippen molar-refractivity contribution in [1.29, 1.82) is 0 Å². The van der Waals surface area contributed by atoms with Crippen molar-refractivity contribution in [3.05, 3.63) is 57.6 Å². The van der Waals surface area contributed by atoms with Gasteiger partial charge in [-0.05, 0) is 31.2 Å². The zero-order valence-corrected chi connectivity index (χ0v) is 16.2. The van der Waals surface area contributed by atoms with Gasteiger partial charge in [-0.15, -0.1) is 5.11 Å². The largest absolute Gasteiger partial charge is 0.322 e. The van der Waals surface area contributed by atoms with Crippen LogP contribution in [0.3, 0.4) is 0 Å². The number of benzene rings is 2. The molecule has 0 radical (unpaired) electrons.